The summed E-state index contributed by atoms with van der Waals surface area (Å²) in [6, 6.07) is 18.6. The van der Waals surface area contributed by atoms with E-state index in [4.69, 9.17) is 35.9 Å². The van der Waals surface area contributed by atoms with Crippen molar-refractivity contribution in [3.05, 3.63) is 76.9 Å². The summed E-state index contributed by atoms with van der Waals surface area (Å²) in [4.78, 5) is 15.5. The maximum Gasteiger partial charge on any atom is 0.341 e. The molecule has 0 aliphatic carbocycles. The SMILES string of the molecule is COCC[C@@H](Oc1ccc(OCC(=O)O)c(C)c1)c1cccc(-c2ccc(Cl)cc2)n1. The molecular weight excluding hydrogens is 418 g/mol. The third-order valence-electron chi connectivity index (χ3n) is 4.60. The number of aryl methyl sites for hydroxylation is 1. The lowest BCUT2D eigenvalue weighted by Gasteiger charge is -2.20. The Labute approximate surface area is 186 Å². The molecule has 0 saturated carbocycles. The monoisotopic (exact) mass is 441 g/mol. The van der Waals surface area contributed by atoms with Gasteiger partial charge in [0.25, 0.3) is 0 Å². The largest absolute Gasteiger partial charge is 0.484 e. The minimum atomic E-state index is -1.02. The average Bonchev–Trinajstić information content (AvgIpc) is 2.76. The van der Waals surface area contributed by atoms with Crippen LogP contribution in [0.15, 0.2) is 60.7 Å². The van der Waals surface area contributed by atoms with Crippen LogP contribution < -0.4 is 9.47 Å². The van der Waals surface area contributed by atoms with Gasteiger partial charge in [-0.05, 0) is 55.0 Å². The molecule has 162 valence electrons. The molecule has 1 N–H and O–H groups in total. The number of methoxy groups -OCH3 is 1. The molecule has 0 radical (unpaired) electrons. The molecule has 0 aliphatic rings. The molecule has 3 aromatic rings. The van der Waals surface area contributed by atoms with Crippen molar-refractivity contribution < 1.29 is 24.1 Å². The Bertz CT molecular complexity index is 1020. The lowest BCUT2D eigenvalue weighted by molar-refractivity contribution is -0.139. The highest BCUT2D eigenvalue weighted by atomic mass is 35.5. The zero-order chi connectivity index (χ0) is 22.2. The molecule has 1 atom stereocenters. The van der Waals surface area contributed by atoms with Crippen molar-refractivity contribution >= 4 is 17.6 Å². The van der Waals surface area contributed by atoms with Crippen LogP contribution in [0.1, 0.15) is 23.8 Å². The van der Waals surface area contributed by atoms with Crippen molar-refractivity contribution in [1.82, 2.24) is 4.98 Å². The van der Waals surface area contributed by atoms with Crippen LogP contribution in [0.4, 0.5) is 0 Å². The Morgan fingerprint density at radius 3 is 2.58 bits per heavy atom. The van der Waals surface area contributed by atoms with Crippen molar-refractivity contribution in [3.8, 4) is 22.8 Å². The Balaban J connectivity index is 1.82. The van der Waals surface area contributed by atoms with E-state index in [-0.39, 0.29) is 12.7 Å². The number of hydrogen-bond acceptors (Lipinski definition) is 5. The van der Waals surface area contributed by atoms with E-state index in [1.807, 2.05) is 55.5 Å². The number of carbonyl (C=O) groups is 1. The third-order valence-corrected chi connectivity index (χ3v) is 4.85. The van der Waals surface area contributed by atoms with Crippen LogP contribution in [0.5, 0.6) is 11.5 Å². The number of halogens is 1. The first kappa shape index (κ1) is 22.6. The zero-order valence-corrected chi connectivity index (χ0v) is 18.1. The third kappa shape index (κ3) is 6.44. The molecule has 31 heavy (non-hydrogen) atoms. The number of ether oxygens (including phenoxy) is 3. The van der Waals surface area contributed by atoms with Crippen molar-refractivity contribution in [2.45, 2.75) is 19.4 Å². The predicted molar refractivity (Wildman–Crippen MR) is 119 cm³/mol. The highest BCUT2D eigenvalue weighted by Crippen LogP contribution is 2.30. The van der Waals surface area contributed by atoms with Crippen molar-refractivity contribution in [2.75, 3.05) is 20.3 Å². The van der Waals surface area contributed by atoms with Crippen molar-refractivity contribution in [1.29, 1.82) is 0 Å². The Hall–Kier alpha value is -3.09. The number of benzene rings is 2. The lowest BCUT2D eigenvalue weighted by Crippen LogP contribution is -2.13. The fourth-order valence-corrected chi connectivity index (χ4v) is 3.19. The van der Waals surface area contributed by atoms with Gasteiger partial charge in [0.15, 0.2) is 6.61 Å². The average molecular weight is 442 g/mol. The number of carboxylic acid groups (broad SMARTS) is 1. The summed E-state index contributed by atoms with van der Waals surface area (Å²) < 4.78 is 16.8. The first-order valence-corrected chi connectivity index (χ1v) is 10.2. The molecule has 1 aromatic heterocycles. The van der Waals surface area contributed by atoms with Gasteiger partial charge in [0.1, 0.15) is 17.6 Å². The minimum absolute atomic E-state index is 0.322. The highest BCUT2D eigenvalue weighted by Gasteiger charge is 2.17. The van der Waals surface area contributed by atoms with Gasteiger partial charge in [-0.3, -0.25) is 0 Å². The molecule has 0 amide bonds. The van der Waals surface area contributed by atoms with Crippen LogP contribution in [-0.4, -0.2) is 36.4 Å². The van der Waals surface area contributed by atoms with Crippen LogP contribution >= 0.6 is 11.6 Å². The normalized spacial score (nSPS) is 11.7. The van der Waals surface area contributed by atoms with Gasteiger partial charge in [0.05, 0.1) is 18.0 Å². The number of hydrogen-bond donors (Lipinski definition) is 1. The van der Waals surface area contributed by atoms with E-state index in [9.17, 15) is 4.79 Å². The fraction of sp³-hybridized carbons (Fsp3) is 0.250. The molecule has 0 bridgehead atoms. The first-order chi connectivity index (χ1) is 15.0. The number of pyridine rings is 1. The summed E-state index contributed by atoms with van der Waals surface area (Å²) >= 11 is 6.00. The first-order valence-electron chi connectivity index (χ1n) is 9.80. The summed E-state index contributed by atoms with van der Waals surface area (Å²) in [5.41, 5.74) is 3.36. The molecular formula is C24H24ClNO5. The number of nitrogens with zero attached hydrogens (tertiary/aromatic N) is 1. The summed E-state index contributed by atoms with van der Waals surface area (Å²) in [5, 5.41) is 9.46. The van der Waals surface area contributed by atoms with E-state index in [2.05, 4.69) is 0 Å². The molecule has 3 rings (SSSR count). The fourth-order valence-electron chi connectivity index (χ4n) is 3.07. The second kappa shape index (κ2) is 10.8. The van der Waals surface area contributed by atoms with Gasteiger partial charge in [-0.25, -0.2) is 9.78 Å². The molecule has 6 nitrogen and oxygen atoms in total. The Morgan fingerprint density at radius 1 is 1.13 bits per heavy atom. The molecule has 0 unspecified atom stereocenters. The van der Waals surface area contributed by atoms with E-state index in [0.29, 0.717) is 29.5 Å². The second-order valence-corrected chi connectivity index (χ2v) is 7.39. The topological polar surface area (TPSA) is 77.9 Å². The minimum Gasteiger partial charge on any atom is -0.484 e. The van der Waals surface area contributed by atoms with Gasteiger partial charge in [0, 0.05) is 24.1 Å². The van der Waals surface area contributed by atoms with E-state index < -0.39 is 5.97 Å². The molecule has 0 spiro atoms. The van der Waals surface area contributed by atoms with Crippen LogP contribution in [0, 0.1) is 6.92 Å². The van der Waals surface area contributed by atoms with Gasteiger partial charge < -0.3 is 19.3 Å². The van der Waals surface area contributed by atoms with Crippen LogP contribution in [0.25, 0.3) is 11.3 Å². The smallest absolute Gasteiger partial charge is 0.341 e. The summed E-state index contributed by atoms with van der Waals surface area (Å²) in [5.74, 6) is 0.122. The van der Waals surface area contributed by atoms with Crippen molar-refractivity contribution in [3.63, 3.8) is 0 Å². The predicted octanol–water partition coefficient (Wildman–Crippen LogP) is 5.33. The van der Waals surface area contributed by atoms with Crippen LogP contribution in [0.2, 0.25) is 5.02 Å². The number of aromatic nitrogens is 1. The molecule has 7 heteroatoms. The second-order valence-electron chi connectivity index (χ2n) is 6.95. The standard InChI is InChI=1S/C24H24ClNO5/c1-16-14-19(10-11-22(16)30-15-24(27)28)31-23(12-13-29-2)21-5-3-4-20(26-21)17-6-8-18(25)9-7-17/h3-11,14,23H,12-13,15H2,1-2H3,(H,27,28)/t23-/m1/s1. The number of rotatable bonds is 10. The number of aliphatic carboxylic acids is 1. The van der Waals surface area contributed by atoms with Crippen LogP contribution in [0.3, 0.4) is 0 Å². The van der Waals surface area contributed by atoms with Gasteiger partial charge >= 0.3 is 5.97 Å². The van der Waals surface area contributed by atoms with Crippen LogP contribution in [-0.2, 0) is 9.53 Å². The Morgan fingerprint density at radius 2 is 1.90 bits per heavy atom. The molecule has 0 aliphatic heterocycles. The maximum atomic E-state index is 10.7. The summed E-state index contributed by atoms with van der Waals surface area (Å²) in [6.07, 6.45) is 0.293. The van der Waals surface area contributed by atoms with E-state index in [0.717, 1.165) is 22.5 Å². The maximum absolute atomic E-state index is 10.7. The van der Waals surface area contributed by atoms with E-state index >= 15 is 0 Å². The number of carboxylic acids is 1. The zero-order valence-electron chi connectivity index (χ0n) is 17.4. The van der Waals surface area contributed by atoms with Gasteiger partial charge in [-0.15, -0.1) is 0 Å². The molecule has 0 saturated heterocycles. The summed E-state index contributed by atoms with van der Waals surface area (Å²) in [7, 11) is 1.65. The Kier molecular flexibility index (Phi) is 7.87. The quantitative estimate of drug-likeness (QED) is 0.458. The van der Waals surface area contributed by atoms with E-state index in [1.165, 1.54) is 0 Å². The summed E-state index contributed by atoms with van der Waals surface area (Å²) in [6.45, 7) is 1.96. The van der Waals surface area contributed by atoms with Gasteiger partial charge in [0.2, 0.25) is 0 Å². The lowest BCUT2D eigenvalue weighted by atomic mass is 10.1. The van der Waals surface area contributed by atoms with Crippen molar-refractivity contribution in [2.24, 2.45) is 0 Å². The van der Waals surface area contributed by atoms with Gasteiger partial charge in [-0.2, -0.15) is 0 Å². The van der Waals surface area contributed by atoms with E-state index in [1.54, 1.807) is 19.2 Å². The van der Waals surface area contributed by atoms with Gasteiger partial charge in [-0.1, -0.05) is 29.8 Å². The molecule has 1 heterocycles. The highest BCUT2D eigenvalue weighted by molar-refractivity contribution is 6.30. The molecule has 2 aromatic carbocycles. The molecule has 0 fully saturated rings.